The lowest BCUT2D eigenvalue weighted by atomic mass is 9.87. The number of fused-ring (bicyclic) bond motifs is 9. The highest BCUT2D eigenvalue weighted by atomic mass is 15.0. The van der Waals surface area contributed by atoms with Crippen molar-refractivity contribution in [3.8, 4) is 27.9 Å². The molecule has 240 valence electrons. The SMILES string of the molecule is Cc1ccc(-n2c3ccc(C4c5ccc(C)cc5-c5cc(C)ccc54)cc3c3cc(C4c5ccc(C)cc5-c5cc(C)ccc54)ccc32)cc1. The van der Waals surface area contributed by atoms with Crippen LogP contribution in [-0.4, -0.2) is 4.57 Å². The van der Waals surface area contributed by atoms with Crippen molar-refractivity contribution >= 4 is 21.8 Å². The van der Waals surface area contributed by atoms with Crippen molar-refractivity contribution in [2.24, 2.45) is 0 Å². The lowest BCUT2D eigenvalue weighted by Crippen LogP contribution is -2.00. The predicted octanol–water partition coefficient (Wildman–Crippen LogP) is 12.6. The average Bonchev–Trinajstić information content (AvgIpc) is 3.72. The van der Waals surface area contributed by atoms with Crippen LogP contribution in [0, 0.1) is 34.6 Å². The summed E-state index contributed by atoms with van der Waals surface area (Å²) in [6, 6.07) is 51.5. The van der Waals surface area contributed by atoms with Crippen molar-refractivity contribution in [3.63, 3.8) is 0 Å². The lowest BCUT2D eigenvalue weighted by Gasteiger charge is -2.16. The van der Waals surface area contributed by atoms with E-state index in [-0.39, 0.29) is 11.8 Å². The van der Waals surface area contributed by atoms with Gasteiger partial charge in [-0.1, -0.05) is 125 Å². The van der Waals surface area contributed by atoms with Crippen LogP contribution in [0.2, 0.25) is 0 Å². The Morgan fingerprint density at radius 2 is 0.680 bits per heavy atom. The second-order valence-electron chi connectivity index (χ2n) is 15.0. The maximum atomic E-state index is 2.50. The minimum Gasteiger partial charge on any atom is -0.309 e. The molecule has 0 unspecified atom stereocenters. The molecule has 1 aromatic heterocycles. The second kappa shape index (κ2) is 10.7. The van der Waals surface area contributed by atoms with E-state index in [1.165, 1.54) is 111 Å². The summed E-state index contributed by atoms with van der Waals surface area (Å²) in [6.07, 6.45) is 0. The Labute approximate surface area is 294 Å². The summed E-state index contributed by atoms with van der Waals surface area (Å²) >= 11 is 0. The molecule has 1 heterocycles. The van der Waals surface area contributed by atoms with Gasteiger partial charge in [0.2, 0.25) is 0 Å². The quantitative estimate of drug-likeness (QED) is 0.181. The molecule has 1 nitrogen and oxygen atoms in total. The molecule has 0 N–H and O–H groups in total. The third kappa shape index (κ3) is 4.26. The Hall–Kier alpha value is -5.66. The molecule has 0 radical (unpaired) electrons. The monoisotopic (exact) mass is 641 g/mol. The highest BCUT2D eigenvalue weighted by molar-refractivity contribution is 6.10. The van der Waals surface area contributed by atoms with Gasteiger partial charge in [-0.2, -0.15) is 0 Å². The van der Waals surface area contributed by atoms with Gasteiger partial charge >= 0.3 is 0 Å². The summed E-state index contributed by atoms with van der Waals surface area (Å²) in [5.74, 6) is 0.401. The maximum absolute atomic E-state index is 2.50. The first-order valence-corrected chi connectivity index (χ1v) is 17.9. The topological polar surface area (TPSA) is 4.93 Å². The number of benzene rings is 7. The first kappa shape index (κ1) is 29.3. The molecule has 50 heavy (non-hydrogen) atoms. The highest BCUT2D eigenvalue weighted by Gasteiger charge is 2.32. The van der Waals surface area contributed by atoms with Crippen LogP contribution < -0.4 is 0 Å². The number of aromatic nitrogens is 1. The van der Waals surface area contributed by atoms with E-state index in [9.17, 15) is 0 Å². The molecule has 1 heteroatoms. The molecule has 0 saturated heterocycles. The van der Waals surface area contributed by atoms with Crippen molar-refractivity contribution in [2.45, 2.75) is 46.5 Å². The zero-order valence-electron chi connectivity index (χ0n) is 29.3. The molecule has 7 aromatic carbocycles. The highest BCUT2D eigenvalue weighted by Crippen LogP contribution is 2.51. The Kier molecular flexibility index (Phi) is 6.25. The fourth-order valence-electron chi connectivity index (χ4n) is 9.06. The van der Waals surface area contributed by atoms with Crippen LogP contribution >= 0.6 is 0 Å². The maximum Gasteiger partial charge on any atom is 0.0541 e. The smallest absolute Gasteiger partial charge is 0.0541 e. The van der Waals surface area contributed by atoms with Gasteiger partial charge in [-0.15, -0.1) is 0 Å². The Balaban J connectivity index is 1.22. The van der Waals surface area contributed by atoms with Crippen molar-refractivity contribution in [1.82, 2.24) is 4.57 Å². The van der Waals surface area contributed by atoms with E-state index in [1.807, 2.05) is 0 Å². The van der Waals surface area contributed by atoms with Crippen LogP contribution in [0.5, 0.6) is 0 Å². The molecule has 0 bridgehead atoms. The zero-order valence-corrected chi connectivity index (χ0v) is 29.3. The molecule has 0 atom stereocenters. The van der Waals surface area contributed by atoms with E-state index in [2.05, 4.69) is 173 Å². The normalized spacial score (nSPS) is 13.5. The van der Waals surface area contributed by atoms with E-state index in [4.69, 9.17) is 0 Å². The Morgan fingerprint density at radius 3 is 1.04 bits per heavy atom. The van der Waals surface area contributed by atoms with E-state index < -0.39 is 0 Å². The van der Waals surface area contributed by atoms with Crippen LogP contribution in [0.15, 0.2) is 133 Å². The molecule has 10 rings (SSSR count). The molecular formula is C49H39N. The standard InChI is InChI=1S/C49H39N/c1-28-6-14-35(15-7-28)50-46-20-12-33(48-36-16-8-29(2)22-40(36)41-23-30(3)9-17-37(41)48)26-44(46)45-27-34(13-21-47(45)50)49-38-18-10-31(4)24-42(38)43-25-32(5)11-19-39(43)49/h6-27,48-49H,1-5H3. The fraction of sp³-hybridized carbons (Fsp3) is 0.143. The summed E-state index contributed by atoms with van der Waals surface area (Å²) in [6.45, 7) is 11.0. The van der Waals surface area contributed by atoms with Gasteiger partial charge in [0.05, 0.1) is 11.0 Å². The first-order chi connectivity index (χ1) is 24.3. The Morgan fingerprint density at radius 1 is 0.340 bits per heavy atom. The molecule has 2 aliphatic carbocycles. The van der Waals surface area contributed by atoms with Crippen molar-refractivity contribution < 1.29 is 0 Å². The minimum absolute atomic E-state index is 0.201. The van der Waals surface area contributed by atoms with Crippen LogP contribution in [0.3, 0.4) is 0 Å². The summed E-state index contributed by atoms with van der Waals surface area (Å²) in [4.78, 5) is 0. The molecule has 2 aliphatic rings. The summed E-state index contributed by atoms with van der Waals surface area (Å²) < 4.78 is 2.46. The summed E-state index contributed by atoms with van der Waals surface area (Å²) in [7, 11) is 0. The van der Waals surface area contributed by atoms with Gasteiger partial charge < -0.3 is 4.57 Å². The van der Waals surface area contributed by atoms with Gasteiger partial charge in [0.15, 0.2) is 0 Å². The molecule has 8 aromatic rings. The molecule has 0 aliphatic heterocycles. The van der Waals surface area contributed by atoms with Crippen molar-refractivity contribution in [3.05, 3.63) is 195 Å². The van der Waals surface area contributed by atoms with Gasteiger partial charge in [0.1, 0.15) is 0 Å². The van der Waals surface area contributed by atoms with Gasteiger partial charge in [-0.3, -0.25) is 0 Å². The largest absolute Gasteiger partial charge is 0.309 e. The minimum atomic E-state index is 0.201. The third-order valence-corrected chi connectivity index (χ3v) is 11.4. The zero-order chi connectivity index (χ0) is 33.8. The van der Waals surface area contributed by atoms with Crippen LogP contribution in [0.1, 0.15) is 73.0 Å². The van der Waals surface area contributed by atoms with E-state index in [0.29, 0.717) is 0 Å². The predicted molar refractivity (Wildman–Crippen MR) is 210 cm³/mol. The van der Waals surface area contributed by atoms with Crippen LogP contribution in [0.4, 0.5) is 0 Å². The van der Waals surface area contributed by atoms with Crippen molar-refractivity contribution in [2.75, 3.05) is 0 Å². The number of hydrogen-bond acceptors (Lipinski definition) is 0. The Bertz CT molecular complexity index is 2430. The van der Waals surface area contributed by atoms with Crippen molar-refractivity contribution in [1.29, 1.82) is 0 Å². The van der Waals surface area contributed by atoms with Crippen LogP contribution in [0.25, 0.3) is 49.7 Å². The van der Waals surface area contributed by atoms with Gasteiger partial charge in [-0.25, -0.2) is 0 Å². The van der Waals surface area contributed by atoms with Crippen LogP contribution in [-0.2, 0) is 0 Å². The number of rotatable bonds is 3. The lowest BCUT2D eigenvalue weighted by molar-refractivity contribution is 1.02. The first-order valence-electron chi connectivity index (χ1n) is 17.9. The molecule has 0 saturated carbocycles. The second-order valence-corrected chi connectivity index (χ2v) is 15.0. The van der Waals surface area contributed by atoms with Gasteiger partial charge in [0, 0.05) is 28.3 Å². The molecular weight excluding hydrogens is 603 g/mol. The number of nitrogens with zero attached hydrogens (tertiary/aromatic N) is 1. The summed E-state index contributed by atoms with van der Waals surface area (Å²) in [5, 5.41) is 2.61. The third-order valence-electron chi connectivity index (χ3n) is 11.4. The molecule has 0 fully saturated rings. The molecule has 0 spiro atoms. The summed E-state index contributed by atoms with van der Waals surface area (Å²) in [5.41, 5.74) is 24.0. The average molecular weight is 642 g/mol. The molecule has 0 amide bonds. The number of aryl methyl sites for hydroxylation is 5. The van der Waals surface area contributed by atoms with Gasteiger partial charge in [-0.05, 0) is 127 Å². The van der Waals surface area contributed by atoms with E-state index in [0.717, 1.165) is 0 Å². The van der Waals surface area contributed by atoms with E-state index in [1.54, 1.807) is 0 Å². The van der Waals surface area contributed by atoms with E-state index >= 15 is 0 Å². The fourth-order valence-corrected chi connectivity index (χ4v) is 9.06. The van der Waals surface area contributed by atoms with Gasteiger partial charge in [0.25, 0.3) is 0 Å². The number of hydrogen-bond donors (Lipinski definition) is 0.